The zero-order chi connectivity index (χ0) is 21.6. The van der Waals surface area contributed by atoms with E-state index in [0.29, 0.717) is 33.6 Å². The van der Waals surface area contributed by atoms with Crippen LogP contribution in [0.4, 0.5) is 32.0 Å². The Morgan fingerprint density at radius 2 is 1.55 bits per heavy atom. The van der Waals surface area contributed by atoms with Crippen LogP contribution in [0.1, 0.15) is 22.3 Å². The van der Waals surface area contributed by atoms with Crippen molar-refractivity contribution in [3.05, 3.63) is 69.1 Å². The van der Waals surface area contributed by atoms with Gasteiger partial charge >= 0.3 is 18.0 Å². The summed E-state index contributed by atoms with van der Waals surface area (Å²) in [6.07, 6.45) is -10.1. The lowest BCUT2D eigenvalue weighted by molar-refractivity contribution is -0.143. The first-order valence-electron chi connectivity index (χ1n) is 8.04. The van der Waals surface area contributed by atoms with Crippen LogP contribution < -0.4 is 11.4 Å². The number of nitrogens with zero attached hydrogens (tertiary/aromatic N) is 4. The number of hydrogen-bond acceptors (Lipinski definition) is 4. The predicted octanol–water partition coefficient (Wildman–Crippen LogP) is 3.41. The van der Waals surface area contributed by atoms with E-state index >= 15 is 0 Å². The summed E-state index contributed by atoms with van der Waals surface area (Å²) in [5.74, 6) is 0. The third-order valence-electron chi connectivity index (χ3n) is 4.12. The molecule has 12 heteroatoms. The second-order valence-electron chi connectivity index (χ2n) is 6.27. The number of aromatic nitrogens is 4. The van der Waals surface area contributed by atoms with Crippen molar-refractivity contribution in [1.82, 2.24) is 19.8 Å². The molecule has 6 nitrogen and oxygen atoms in total. The first kappa shape index (κ1) is 20.4. The van der Waals surface area contributed by atoms with Crippen molar-refractivity contribution < 1.29 is 26.3 Å². The topological polar surface area (TPSA) is 78.7 Å². The standard InChI is InChI=1S/C17H13F6N5O/c1-9-4-10(2-3-14(9)24)8-27-26-25-15(29)28(27)13-6-11(16(18,19)20)5-12(7-13)17(21,22)23/h2-7H,8,24H2,1H3. The summed E-state index contributed by atoms with van der Waals surface area (Å²) in [6, 6.07) is 5.67. The van der Waals surface area contributed by atoms with Gasteiger partial charge in [0.25, 0.3) is 0 Å². The number of alkyl halides is 6. The van der Waals surface area contributed by atoms with Gasteiger partial charge in [0.2, 0.25) is 0 Å². The number of tetrazole rings is 1. The summed E-state index contributed by atoms with van der Waals surface area (Å²) in [6.45, 7) is 1.59. The van der Waals surface area contributed by atoms with Crippen LogP contribution >= 0.6 is 0 Å². The molecule has 0 bridgehead atoms. The highest BCUT2D eigenvalue weighted by molar-refractivity contribution is 5.47. The lowest BCUT2D eigenvalue weighted by Crippen LogP contribution is -2.24. The van der Waals surface area contributed by atoms with Crippen LogP contribution in [0.25, 0.3) is 5.69 Å². The largest absolute Gasteiger partial charge is 0.416 e. The average molecular weight is 417 g/mol. The molecular formula is C17H13F6N5O. The van der Waals surface area contributed by atoms with Crippen LogP contribution in [0.15, 0.2) is 41.2 Å². The molecule has 0 amide bonds. The number of aryl methyl sites for hydroxylation is 1. The van der Waals surface area contributed by atoms with Gasteiger partial charge < -0.3 is 5.73 Å². The fraction of sp³-hybridized carbons (Fsp3) is 0.235. The molecule has 2 aromatic carbocycles. The zero-order valence-electron chi connectivity index (χ0n) is 14.7. The van der Waals surface area contributed by atoms with Crippen molar-refractivity contribution in [3.8, 4) is 5.69 Å². The Kier molecular flexibility index (Phi) is 4.89. The second-order valence-corrected chi connectivity index (χ2v) is 6.27. The van der Waals surface area contributed by atoms with Crippen LogP contribution in [-0.4, -0.2) is 19.8 Å². The summed E-state index contributed by atoms with van der Waals surface area (Å²) in [4.78, 5) is 12.9. The third kappa shape index (κ3) is 4.25. The van der Waals surface area contributed by atoms with Crippen molar-refractivity contribution in [2.45, 2.75) is 25.8 Å². The minimum Gasteiger partial charge on any atom is -0.399 e. The fourth-order valence-electron chi connectivity index (χ4n) is 2.68. The predicted molar refractivity (Wildman–Crippen MR) is 90.3 cm³/mol. The first-order chi connectivity index (χ1) is 13.4. The molecule has 0 aliphatic carbocycles. The SMILES string of the molecule is Cc1cc(Cn2nnc(=O)n2-c2cc(C(F)(F)F)cc(C(F)(F)F)c2)ccc1N. The minimum atomic E-state index is -5.05. The van der Waals surface area contributed by atoms with E-state index in [1.807, 2.05) is 0 Å². The van der Waals surface area contributed by atoms with E-state index in [2.05, 4.69) is 10.3 Å². The Balaban J connectivity index is 2.15. The van der Waals surface area contributed by atoms with Gasteiger partial charge in [-0.3, -0.25) is 0 Å². The second kappa shape index (κ2) is 6.94. The Morgan fingerprint density at radius 1 is 0.966 bits per heavy atom. The fourth-order valence-corrected chi connectivity index (χ4v) is 2.68. The van der Waals surface area contributed by atoms with Crippen LogP contribution in [0, 0.1) is 6.92 Å². The van der Waals surface area contributed by atoms with E-state index in [4.69, 9.17) is 5.73 Å². The van der Waals surface area contributed by atoms with E-state index in [1.54, 1.807) is 25.1 Å². The smallest absolute Gasteiger partial charge is 0.399 e. The van der Waals surface area contributed by atoms with Crippen LogP contribution in [-0.2, 0) is 18.9 Å². The van der Waals surface area contributed by atoms with Crippen molar-refractivity contribution in [3.63, 3.8) is 0 Å². The maximum absolute atomic E-state index is 13.1. The van der Waals surface area contributed by atoms with Gasteiger partial charge in [-0.05, 0) is 47.5 Å². The molecule has 1 aromatic heterocycles. The van der Waals surface area contributed by atoms with Gasteiger partial charge in [0.1, 0.15) is 0 Å². The molecule has 0 saturated heterocycles. The Hall–Kier alpha value is -3.31. The summed E-state index contributed by atoms with van der Waals surface area (Å²) in [5.41, 5.74) is 2.61. The molecule has 0 atom stereocenters. The highest BCUT2D eigenvalue weighted by Gasteiger charge is 2.37. The lowest BCUT2D eigenvalue weighted by Gasteiger charge is -2.15. The van der Waals surface area contributed by atoms with Gasteiger partial charge in [0.15, 0.2) is 0 Å². The number of hydrogen-bond donors (Lipinski definition) is 1. The Labute approximate surface area is 159 Å². The van der Waals surface area contributed by atoms with Crippen molar-refractivity contribution in [2.75, 3.05) is 5.73 Å². The normalized spacial score (nSPS) is 12.4. The third-order valence-corrected chi connectivity index (χ3v) is 4.12. The van der Waals surface area contributed by atoms with Crippen LogP contribution in [0.2, 0.25) is 0 Å². The number of benzene rings is 2. The van der Waals surface area contributed by atoms with Gasteiger partial charge in [-0.1, -0.05) is 17.2 Å². The van der Waals surface area contributed by atoms with Crippen LogP contribution in [0.5, 0.6) is 0 Å². The maximum atomic E-state index is 13.1. The molecule has 0 unspecified atom stereocenters. The molecule has 1 heterocycles. The van der Waals surface area contributed by atoms with E-state index in [0.717, 1.165) is 4.80 Å². The van der Waals surface area contributed by atoms with Gasteiger partial charge in [-0.2, -0.15) is 35.8 Å². The van der Waals surface area contributed by atoms with Gasteiger partial charge in [0.05, 0.1) is 23.4 Å². The Bertz CT molecular complexity index is 1080. The summed E-state index contributed by atoms with van der Waals surface area (Å²) in [7, 11) is 0. The summed E-state index contributed by atoms with van der Waals surface area (Å²) in [5, 5.41) is 6.79. The quantitative estimate of drug-likeness (QED) is 0.523. The summed E-state index contributed by atoms with van der Waals surface area (Å²) < 4.78 is 79.2. The maximum Gasteiger partial charge on any atom is 0.416 e. The molecule has 0 aliphatic heterocycles. The molecule has 154 valence electrons. The van der Waals surface area contributed by atoms with Gasteiger partial charge in [-0.25, -0.2) is 4.79 Å². The number of nitrogens with two attached hydrogens (primary N) is 1. The molecular weight excluding hydrogens is 404 g/mol. The molecule has 3 aromatic rings. The van der Waals surface area contributed by atoms with E-state index in [9.17, 15) is 31.1 Å². The number of nitrogen functional groups attached to an aromatic ring is 1. The van der Waals surface area contributed by atoms with Crippen LogP contribution in [0.3, 0.4) is 0 Å². The lowest BCUT2D eigenvalue weighted by atomic mass is 10.1. The first-order valence-corrected chi connectivity index (χ1v) is 8.04. The highest BCUT2D eigenvalue weighted by Crippen LogP contribution is 2.36. The van der Waals surface area contributed by atoms with Crippen molar-refractivity contribution >= 4 is 5.69 Å². The van der Waals surface area contributed by atoms with Gasteiger partial charge in [-0.15, -0.1) is 0 Å². The summed E-state index contributed by atoms with van der Waals surface area (Å²) >= 11 is 0. The van der Waals surface area contributed by atoms with E-state index in [1.165, 1.54) is 0 Å². The molecule has 0 saturated carbocycles. The number of anilines is 1. The highest BCUT2D eigenvalue weighted by atomic mass is 19.4. The minimum absolute atomic E-state index is 0.0218. The zero-order valence-corrected chi connectivity index (χ0v) is 14.7. The average Bonchev–Trinajstić information content (AvgIpc) is 2.96. The molecule has 0 fully saturated rings. The molecule has 0 radical (unpaired) electrons. The Morgan fingerprint density at radius 3 is 2.07 bits per heavy atom. The molecule has 29 heavy (non-hydrogen) atoms. The molecule has 0 aliphatic rings. The van der Waals surface area contributed by atoms with E-state index < -0.39 is 34.9 Å². The molecule has 3 rings (SSSR count). The van der Waals surface area contributed by atoms with Crippen molar-refractivity contribution in [1.29, 1.82) is 0 Å². The number of halogens is 6. The molecule has 0 spiro atoms. The monoisotopic (exact) mass is 417 g/mol. The van der Waals surface area contributed by atoms with Gasteiger partial charge in [0, 0.05) is 5.69 Å². The van der Waals surface area contributed by atoms with Crippen molar-refractivity contribution in [2.24, 2.45) is 0 Å². The number of rotatable bonds is 3. The van der Waals surface area contributed by atoms with E-state index in [-0.39, 0.29) is 12.6 Å². The molecule has 2 N–H and O–H groups in total.